The Bertz CT molecular complexity index is 276. The lowest BCUT2D eigenvalue weighted by Gasteiger charge is -2.11. The van der Waals surface area contributed by atoms with Crippen molar-refractivity contribution in [2.45, 2.75) is 33.6 Å². The summed E-state index contributed by atoms with van der Waals surface area (Å²) >= 11 is 0. The smallest absolute Gasteiger partial charge is 0.119 e. The lowest BCUT2D eigenvalue weighted by atomic mass is 9.98. The molecule has 0 aromatic heterocycles. The van der Waals surface area contributed by atoms with Gasteiger partial charge in [-0.1, -0.05) is 19.9 Å². The molecule has 1 nitrogen and oxygen atoms in total. The van der Waals surface area contributed by atoms with E-state index in [1.54, 1.807) is 0 Å². The van der Waals surface area contributed by atoms with E-state index in [0.29, 0.717) is 5.92 Å². The number of aryl methyl sites for hydroxylation is 1. The summed E-state index contributed by atoms with van der Waals surface area (Å²) in [6.07, 6.45) is 0. The molecule has 0 saturated heterocycles. The summed E-state index contributed by atoms with van der Waals surface area (Å²) < 4.78 is 5.45. The predicted octanol–water partition coefficient (Wildman–Crippen LogP) is 3.52. The van der Waals surface area contributed by atoms with Gasteiger partial charge in [0.25, 0.3) is 0 Å². The van der Waals surface area contributed by atoms with Crippen LogP contribution >= 0.6 is 0 Å². The molecule has 1 aromatic rings. The molecule has 0 aliphatic carbocycles. The SMILES string of the molecule is CCOc1ccc(C)c(C(C)C)c1. The minimum atomic E-state index is 0.570. The summed E-state index contributed by atoms with van der Waals surface area (Å²) in [4.78, 5) is 0. The van der Waals surface area contributed by atoms with Crippen molar-refractivity contribution in [2.75, 3.05) is 6.61 Å². The van der Waals surface area contributed by atoms with Crippen LogP contribution in [0, 0.1) is 6.92 Å². The van der Waals surface area contributed by atoms with Crippen LogP contribution in [0.3, 0.4) is 0 Å². The van der Waals surface area contributed by atoms with Crippen molar-refractivity contribution in [2.24, 2.45) is 0 Å². The second-order valence-corrected chi connectivity index (χ2v) is 3.61. The van der Waals surface area contributed by atoms with Crippen LogP contribution in [0.2, 0.25) is 0 Å². The summed E-state index contributed by atoms with van der Waals surface area (Å²) in [7, 11) is 0. The van der Waals surface area contributed by atoms with Gasteiger partial charge < -0.3 is 4.74 Å². The van der Waals surface area contributed by atoms with Gasteiger partial charge in [-0.15, -0.1) is 0 Å². The number of rotatable bonds is 3. The molecule has 0 aliphatic rings. The molecule has 0 unspecified atom stereocenters. The van der Waals surface area contributed by atoms with Crippen molar-refractivity contribution in [3.63, 3.8) is 0 Å². The fraction of sp³-hybridized carbons (Fsp3) is 0.500. The lowest BCUT2D eigenvalue weighted by Crippen LogP contribution is -1.96. The Kier molecular flexibility index (Phi) is 3.35. The molecule has 0 bridgehead atoms. The Morgan fingerprint density at radius 1 is 1.31 bits per heavy atom. The van der Waals surface area contributed by atoms with E-state index in [-0.39, 0.29) is 0 Å². The van der Waals surface area contributed by atoms with Gasteiger partial charge in [0.1, 0.15) is 5.75 Å². The van der Waals surface area contributed by atoms with Crippen LogP contribution in [-0.4, -0.2) is 6.61 Å². The van der Waals surface area contributed by atoms with E-state index in [9.17, 15) is 0 Å². The molecule has 1 aromatic carbocycles. The summed E-state index contributed by atoms with van der Waals surface area (Å²) in [6.45, 7) is 9.30. The lowest BCUT2D eigenvalue weighted by molar-refractivity contribution is 0.339. The van der Waals surface area contributed by atoms with Crippen LogP contribution in [0.4, 0.5) is 0 Å². The second-order valence-electron chi connectivity index (χ2n) is 3.61. The van der Waals surface area contributed by atoms with E-state index in [4.69, 9.17) is 4.74 Å². The van der Waals surface area contributed by atoms with Crippen LogP contribution in [0.15, 0.2) is 18.2 Å². The Morgan fingerprint density at radius 2 is 2.00 bits per heavy atom. The van der Waals surface area contributed by atoms with Gasteiger partial charge in [0.05, 0.1) is 6.61 Å². The van der Waals surface area contributed by atoms with E-state index in [2.05, 4.69) is 32.9 Å². The van der Waals surface area contributed by atoms with Crippen molar-refractivity contribution >= 4 is 0 Å². The molecule has 0 N–H and O–H groups in total. The Morgan fingerprint density at radius 3 is 2.54 bits per heavy atom. The summed E-state index contributed by atoms with van der Waals surface area (Å²) in [5, 5.41) is 0. The third-order valence-corrected chi connectivity index (χ3v) is 2.18. The van der Waals surface area contributed by atoms with Gasteiger partial charge in [-0.2, -0.15) is 0 Å². The second kappa shape index (κ2) is 4.31. The van der Waals surface area contributed by atoms with Crippen molar-refractivity contribution < 1.29 is 4.74 Å². The highest BCUT2D eigenvalue weighted by atomic mass is 16.5. The highest BCUT2D eigenvalue weighted by Gasteiger charge is 2.04. The van der Waals surface area contributed by atoms with Gasteiger partial charge in [-0.3, -0.25) is 0 Å². The average molecular weight is 178 g/mol. The summed E-state index contributed by atoms with van der Waals surface area (Å²) in [5.41, 5.74) is 2.73. The predicted molar refractivity (Wildman–Crippen MR) is 56.4 cm³/mol. The fourth-order valence-corrected chi connectivity index (χ4v) is 1.50. The molecule has 0 radical (unpaired) electrons. The molecule has 0 fully saturated rings. The monoisotopic (exact) mass is 178 g/mol. The highest BCUT2D eigenvalue weighted by molar-refractivity contribution is 5.36. The molecule has 72 valence electrons. The molecule has 0 amide bonds. The largest absolute Gasteiger partial charge is 0.494 e. The van der Waals surface area contributed by atoms with Gasteiger partial charge >= 0.3 is 0 Å². The van der Waals surface area contributed by atoms with Gasteiger partial charge in [-0.05, 0) is 43.0 Å². The fourth-order valence-electron chi connectivity index (χ4n) is 1.50. The van der Waals surface area contributed by atoms with E-state index < -0.39 is 0 Å². The third kappa shape index (κ3) is 2.48. The number of benzene rings is 1. The number of hydrogen-bond acceptors (Lipinski definition) is 1. The van der Waals surface area contributed by atoms with Gasteiger partial charge in [0, 0.05) is 0 Å². The first-order chi connectivity index (χ1) is 6.15. The Labute approximate surface area is 80.7 Å². The Balaban J connectivity index is 2.97. The van der Waals surface area contributed by atoms with Crippen LogP contribution in [0.5, 0.6) is 5.75 Å². The van der Waals surface area contributed by atoms with Gasteiger partial charge in [-0.25, -0.2) is 0 Å². The standard InChI is InChI=1S/C12H18O/c1-5-13-11-7-6-10(4)12(8-11)9(2)3/h6-9H,5H2,1-4H3. The average Bonchev–Trinajstić information content (AvgIpc) is 2.08. The quantitative estimate of drug-likeness (QED) is 0.688. The maximum absolute atomic E-state index is 5.45. The third-order valence-electron chi connectivity index (χ3n) is 2.18. The molecule has 0 heterocycles. The number of hydrogen-bond donors (Lipinski definition) is 0. The van der Waals surface area contributed by atoms with E-state index in [1.165, 1.54) is 11.1 Å². The highest BCUT2D eigenvalue weighted by Crippen LogP contribution is 2.23. The normalized spacial score (nSPS) is 10.5. The molecule has 1 rings (SSSR count). The van der Waals surface area contributed by atoms with Crippen LogP contribution in [0.1, 0.15) is 37.8 Å². The van der Waals surface area contributed by atoms with Gasteiger partial charge in [0.2, 0.25) is 0 Å². The molecule has 0 atom stereocenters. The van der Waals surface area contributed by atoms with E-state index >= 15 is 0 Å². The Hall–Kier alpha value is -0.980. The molecule has 0 spiro atoms. The zero-order valence-corrected chi connectivity index (χ0v) is 8.92. The van der Waals surface area contributed by atoms with Crippen molar-refractivity contribution in [3.8, 4) is 5.75 Å². The van der Waals surface area contributed by atoms with Crippen molar-refractivity contribution in [1.29, 1.82) is 0 Å². The van der Waals surface area contributed by atoms with Crippen LogP contribution in [-0.2, 0) is 0 Å². The van der Waals surface area contributed by atoms with E-state index in [1.807, 2.05) is 13.0 Å². The molecule has 1 heteroatoms. The molecule has 0 saturated carbocycles. The first-order valence-corrected chi connectivity index (χ1v) is 4.88. The molecular weight excluding hydrogens is 160 g/mol. The maximum atomic E-state index is 5.45. The molecule has 13 heavy (non-hydrogen) atoms. The molecule has 0 aliphatic heterocycles. The van der Waals surface area contributed by atoms with Crippen molar-refractivity contribution in [1.82, 2.24) is 0 Å². The topological polar surface area (TPSA) is 9.23 Å². The van der Waals surface area contributed by atoms with Gasteiger partial charge in [0.15, 0.2) is 0 Å². The number of ether oxygens (including phenoxy) is 1. The molecular formula is C12H18O. The zero-order chi connectivity index (χ0) is 9.84. The first-order valence-electron chi connectivity index (χ1n) is 4.88. The summed E-state index contributed by atoms with van der Waals surface area (Å²) in [6, 6.07) is 6.30. The summed E-state index contributed by atoms with van der Waals surface area (Å²) in [5.74, 6) is 1.55. The van der Waals surface area contributed by atoms with E-state index in [0.717, 1.165) is 12.4 Å². The first kappa shape index (κ1) is 10.1. The van der Waals surface area contributed by atoms with Crippen LogP contribution in [0.25, 0.3) is 0 Å². The minimum absolute atomic E-state index is 0.570. The maximum Gasteiger partial charge on any atom is 0.119 e. The minimum Gasteiger partial charge on any atom is -0.494 e. The van der Waals surface area contributed by atoms with Crippen LogP contribution < -0.4 is 4.74 Å². The van der Waals surface area contributed by atoms with Crippen molar-refractivity contribution in [3.05, 3.63) is 29.3 Å². The zero-order valence-electron chi connectivity index (χ0n) is 8.92.